The third kappa shape index (κ3) is 28.1. The number of hydrogen-bond acceptors (Lipinski definition) is 24. The summed E-state index contributed by atoms with van der Waals surface area (Å²) in [6.07, 6.45) is 6.69. The number of hydroxylamine groups is 4. The first kappa shape index (κ1) is 78.6. The number of nitrogens with one attached hydrogen (secondary N) is 5. The molecule has 4 rings (SSSR count). The van der Waals surface area contributed by atoms with Gasteiger partial charge in [0.15, 0.2) is 0 Å². The van der Waals surface area contributed by atoms with Gasteiger partial charge in [-0.25, -0.2) is 22.8 Å². The average molecular weight is 1230 g/mol. The minimum atomic E-state index is -4.84. The van der Waals surface area contributed by atoms with Gasteiger partial charge in [0.1, 0.15) is 40.0 Å². The van der Waals surface area contributed by atoms with Crippen LogP contribution in [0.5, 0.6) is 0 Å². The zero-order valence-electron chi connectivity index (χ0n) is 47.7. The number of aromatic nitrogens is 4. The predicted molar refractivity (Wildman–Crippen MR) is 284 cm³/mol. The summed E-state index contributed by atoms with van der Waals surface area (Å²) in [5, 5.41) is 14.0. The monoisotopic (exact) mass is 1230 g/mol. The van der Waals surface area contributed by atoms with Crippen LogP contribution in [0.2, 0.25) is 0 Å². The summed E-state index contributed by atoms with van der Waals surface area (Å²) in [7, 11) is -3.92. The third-order valence-electron chi connectivity index (χ3n) is 11.6. The first-order chi connectivity index (χ1) is 37.7. The minimum absolute atomic E-state index is 0. The summed E-state index contributed by atoms with van der Waals surface area (Å²) in [6, 6.07) is 0.0172. The predicted octanol–water partition coefficient (Wildman–Crippen LogP) is -9.55. The van der Waals surface area contributed by atoms with Crippen LogP contribution >= 0.6 is 0 Å². The first-order valence-corrected chi connectivity index (χ1v) is 27.5. The second-order valence-corrected chi connectivity index (χ2v) is 21.1. The summed E-state index contributed by atoms with van der Waals surface area (Å²) in [5.41, 5.74) is 2.21. The number of nitrogens with zero attached hydrogens (tertiary/aromatic N) is 6. The summed E-state index contributed by atoms with van der Waals surface area (Å²) >= 11 is 0. The van der Waals surface area contributed by atoms with Crippen molar-refractivity contribution in [2.24, 2.45) is 0 Å². The van der Waals surface area contributed by atoms with Crippen molar-refractivity contribution in [3.63, 3.8) is 0 Å². The standard InChI is InChI=1S/C19H31N5O5.C17H29N5O4.C6H6NO6S.C4H5NO6S.Na.H2O/c1-13-9-24(19(29)22-18(13)28)12-17(27)23(10-14(2)25)11-16(20-4)7-5-6-8-21-15(3)26;1-12-8-22(17(26)20-16(12)25)11-15(24)21(9-13(2)23)10-14(19-3)6-4-5-7-18;1-3(8)13-7-5(9)2-4(6(7)10)14(11)12;6-3-1-2(12(9,10)11)4(7)5(3)8;;/h9,16,20H,5-8,10-12H2,1-4H3,(H,21,26)(H,22,28,29);8,14,19H,4-7,9-11,18H2,1-3H3,(H,20,25,26);4H,2H2,1H3;2,8H,1H2,(H,9,10,11);;1H2/q;;-1;;+1;/p+1. The smallest absolute Gasteiger partial charge is 0.747 e. The second kappa shape index (κ2) is 38.4. The van der Waals surface area contributed by atoms with E-state index in [9.17, 15) is 88.5 Å². The number of unbranched alkanes of at least 4 members (excludes halogenated alkanes) is 2. The van der Waals surface area contributed by atoms with Gasteiger partial charge in [-0.05, 0) is 73.9 Å². The molecule has 0 spiro atoms. The molecular weight excluding hydrogens is 1160 g/mol. The van der Waals surface area contributed by atoms with Crippen LogP contribution < -0.4 is 73.7 Å². The molecule has 2 aliphatic rings. The quantitative estimate of drug-likeness (QED) is 0.00875. The Kier molecular flexibility index (Phi) is 36.3. The summed E-state index contributed by atoms with van der Waals surface area (Å²) in [5.74, 6) is -6.26. The van der Waals surface area contributed by atoms with E-state index < -0.39 is 96.3 Å². The Hall–Kier alpha value is -6.48. The van der Waals surface area contributed by atoms with Crippen molar-refractivity contribution in [2.75, 3.05) is 53.4 Å². The molecule has 37 heteroatoms. The van der Waals surface area contributed by atoms with Gasteiger partial charge >= 0.3 is 46.9 Å². The van der Waals surface area contributed by atoms with Gasteiger partial charge in [0, 0.05) is 80.8 Å². The topological polar surface area (TPSA) is 511 Å². The van der Waals surface area contributed by atoms with Crippen LogP contribution in [-0.2, 0) is 101 Å². The van der Waals surface area contributed by atoms with Crippen molar-refractivity contribution in [3.05, 3.63) is 65.2 Å². The number of H-pyrrole nitrogens is 2. The van der Waals surface area contributed by atoms with Gasteiger partial charge in [0.2, 0.25) is 17.7 Å². The Bertz CT molecular complexity index is 3040. The first-order valence-electron chi connectivity index (χ1n) is 24.9. The second-order valence-electron chi connectivity index (χ2n) is 18.4. The van der Waals surface area contributed by atoms with Gasteiger partial charge < -0.3 is 54.8 Å². The fraction of sp³-hybridized carbons (Fsp3) is 0.609. The molecule has 12 N–H and O–H groups in total. The number of ketones is 2. The number of Topliss-reactive ketones (excluding diaryl/α,β-unsaturated/α-hetero) is 2. The number of quaternary nitrogens is 1. The van der Waals surface area contributed by atoms with Crippen LogP contribution in [0, 0.1) is 13.8 Å². The Morgan fingerprint density at radius 1 is 0.747 bits per heavy atom. The molecule has 2 fully saturated rings. The molecule has 83 heavy (non-hydrogen) atoms. The van der Waals surface area contributed by atoms with E-state index in [4.69, 9.17) is 5.21 Å². The molecule has 4 unspecified atom stereocenters. The van der Waals surface area contributed by atoms with Crippen LogP contribution in [0.25, 0.3) is 0 Å². The van der Waals surface area contributed by atoms with E-state index in [0.717, 1.165) is 61.1 Å². The van der Waals surface area contributed by atoms with Gasteiger partial charge in [0.05, 0.1) is 26.1 Å². The maximum atomic E-state index is 12.7. The van der Waals surface area contributed by atoms with E-state index in [1.807, 2.05) is 7.05 Å². The molecule has 0 aromatic carbocycles. The number of aryl methyl sites for hydroxylation is 2. The molecule has 2 aromatic heterocycles. The Balaban J connectivity index is 0. The van der Waals surface area contributed by atoms with Gasteiger partial charge in [-0.1, -0.05) is 17.1 Å². The van der Waals surface area contributed by atoms with Crippen molar-refractivity contribution < 1.29 is 120 Å². The average Bonchev–Trinajstić information content (AvgIpc) is 3.81. The van der Waals surface area contributed by atoms with Gasteiger partial charge in [-0.15, -0.1) is 5.06 Å². The Labute approximate surface area is 499 Å². The number of hydrogen-bond donors (Lipinski definition) is 7. The van der Waals surface area contributed by atoms with Crippen molar-refractivity contribution in [1.29, 1.82) is 0 Å². The van der Waals surface area contributed by atoms with Gasteiger partial charge in [-0.2, -0.15) is 5.06 Å². The van der Waals surface area contributed by atoms with E-state index in [1.54, 1.807) is 20.9 Å². The fourth-order valence-corrected chi connectivity index (χ4v) is 8.55. The molecule has 4 heterocycles. The molecule has 2 aromatic rings. The molecule has 0 radical (unpaired) electrons. The molecule has 34 nitrogen and oxygen atoms in total. The maximum Gasteiger partial charge on any atom is 1.00 e. The van der Waals surface area contributed by atoms with Crippen molar-refractivity contribution in [1.82, 2.24) is 55.0 Å². The van der Waals surface area contributed by atoms with E-state index in [-0.39, 0.29) is 113 Å². The number of amides is 7. The van der Waals surface area contributed by atoms with Crippen LogP contribution in [0.3, 0.4) is 0 Å². The molecule has 0 bridgehead atoms. The third-order valence-corrected chi connectivity index (χ3v) is 13.5. The molecule has 0 aliphatic carbocycles. The van der Waals surface area contributed by atoms with Crippen molar-refractivity contribution in [3.8, 4) is 0 Å². The molecule has 2 aliphatic heterocycles. The maximum absolute atomic E-state index is 12.7. The van der Waals surface area contributed by atoms with Crippen LogP contribution in [0.15, 0.2) is 31.6 Å². The fourth-order valence-electron chi connectivity index (χ4n) is 7.32. The Morgan fingerprint density at radius 2 is 1.18 bits per heavy atom. The van der Waals surface area contributed by atoms with Gasteiger partial charge in [0.25, 0.3) is 34.7 Å². The van der Waals surface area contributed by atoms with E-state index in [1.165, 1.54) is 43.0 Å². The summed E-state index contributed by atoms with van der Waals surface area (Å²) in [4.78, 5) is 171. The molecule has 462 valence electrons. The Morgan fingerprint density at radius 3 is 1.49 bits per heavy atom. The summed E-state index contributed by atoms with van der Waals surface area (Å²) < 4.78 is 54.0. The van der Waals surface area contributed by atoms with E-state index in [2.05, 4.69) is 36.5 Å². The number of imide groups is 2. The van der Waals surface area contributed by atoms with Crippen molar-refractivity contribution in [2.45, 2.75) is 129 Å². The van der Waals surface area contributed by atoms with Crippen LogP contribution in [0.4, 0.5) is 0 Å². The van der Waals surface area contributed by atoms with Crippen LogP contribution in [-0.4, -0.2) is 192 Å². The number of aromatic amines is 2. The van der Waals surface area contributed by atoms with E-state index in [0.29, 0.717) is 30.8 Å². The van der Waals surface area contributed by atoms with E-state index >= 15 is 0 Å². The molecule has 7 amide bonds. The van der Waals surface area contributed by atoms with Crippen LogP contribution in [0.1, 0.15) is 90.2 Å². The van der Waals surface area contributed by atoms with Gasteiger partial charge in [-0.3, -0.25) is 77.0 Å². The molecule has 0 saturated carbocycles. The number of likely N-dealkylation sites (N-methyl/N-ethyl adjacent to an activating group) is 2. The van der Waals surface area contributed by atoms with Crippen molar-refractivity contribution >= 4 is 79.7 Å². The summed E-state index contributed by atoms with van der Waals surface area (Å²) in [6.45, 7) is 10.00. The number of carbonyl (C=O) groups excluding carboxylic acids is 10. The zero-order chi connectivity index (χ0) is 62.1. The normalized spacial score (nSPS) is 15.2. The SMILES string of the molecule is CC(=O)ON1C(=O)CC([S-](=O)=O)C1=O.CNC(CCCCNC(C)=O)CN(CC(C)=O)C(=O)Cn1cc(C)c(=O)[nH]c1=O.CNC(CCCC[NH3+])CN(CC(C)=O)C(=O)Cn1cc(C)c(=O)[nH]c1=O.O=C1CC(S(=O)(=O)[O-])C(=O)N1O.[Na+].[OH3+]. The largest absolute Gasteiger partial charge is 1.00 e. The minimum Gasteiger partial charge on any atom is -0.747 e. The molecular formula is C46H74N12NaO22S2+. The zero-order valence-corrected chi connectivity index (χ0v) is 51.3. The molecule has 4 atom stereocenters. The molecule has 2 saturated heterocycles. The number of rotatable bonds is 26. The number of carbonyl (C=O) groups is 10.